The number of carbonyl (C=O) groups is 2. The lowest BCUT2D eigenvalue weighted by Crippen LogP contribution is -2.49. The molecule has 0 N–H and O–H groups in total. The van der Waals surface area contributed by atoms with Crippen LogP contribution in [0.5, 0.6) is 0 Å². The number of hydrogen-bond donors (Lipinski definition) is 0. The van der Waals surface area contributed by atoms with Crippen LogP contribution in [-0.2, 0) is 14.3 Å². The predicted molar refractivity (Wildman–Crippen MR) is 85.3 cm³/mol. The van der Waals surface area contributed by atoms with Gasteiger partial charge >= 0.3 is 0 Å². The van der Waals surface area contributed by atoms with Crippen molar-refractivity contribution in [1.29, 1.82) is 0 Å². The normalized spacial score (nSPS) is 25.6. The molecule has 2 saturated heterocycles. The summed E-state index contributed by atoms with van der Waals surface area (Å²) in [7, 11) is 0. The van der Waals surface area contributed by atoms with E-state index in [0.717, 1.165) is 5.56 Å². The molecule has 3 rings (SSSR count). The molecule has 2 aliphatic rings. The average molecular weight is 320 g/mol. The lowest BCUT2D eigenvalue weighted by atomic mass is 10.1. The summed E-state index contributed by atoms with van der Waals surface area (Å²) < 4.78 is 5.97. The van der Waals surface area contributed by atoms with E-state index in [-0.39, 0.29) is 30.6 Å². The van der Waals surface area contributed by atoms with Crippen molar-refractivity contribution in [1.82, 2.24) is 9.80 Å². The van der Waals surface area contributed by atoms with Gasteiger partial charge in [-0.3, -0.25) is 9.59 Å². The highest BCUT2D eigenvalue weighted by Crippen LogP contribution is 2.25. The van der Waals surface area contributed by atoms with Gasteiger partial charge in [0.05, 0.1) is 24.3 Å². The number of rotatable bonds is 3. The van der Waals surface area contributed by atoms with Crippen LogP contribution in [0.15, 0.2) is 30.3 Å². The summed E-state index contributed by atoms with van der Waals surface area (Å²) in [6.07, 6.45) is -0.107. The topological polar surface area (TPSA) is 49.9 Å². The van der Waals surface area contributed by atoms with Gasteiger partial charge in [0.15, 0.2) is 0 Å². The monoisotopic (exact) mass is 320 g/mol. The maximum atomic E-state index is 12.5. The first kappa shape index (κ1) is 15.4. The first-order valence-electron chi connectivity index (χ1n) is 7.47. The number of thioether (sulfide) groups is 1. The van der Waals surface area contributed by atoms with E-state index in [1.165, 1.54) is 0 Å². The highest BCUT2D eigenvalue weighted by molar-refractivity contribution is 8.00. The van der Waals surface area contributed by atoms with Crippen LogP contribution in [0.1, 0.15) is 18.6 Å². The average Bonchev–Trinajstić information content (AvgIpc) is 2.92. The van der Waals surface area contributed by atoms with Gasteiger partial charge in [0.25, 0.3) is 0 Å². The number of amides is 2. The number of carbonyl (C=O) groups excluding carboxylic acids is 2. The van der Waals surface area contributed by atoms with Crippen molar-refractivity contribution < 1.29 is 14.3 Å². The van der Waals surface area contributed by atoms with Gasteiger partial charge in [-0.1, -0.05) is 30.3 Å². The molecule has 2 heterocycles. The summed E-state index contributed by atoms with van der Waals surface area (Å²) in [5.74, 6) is 1.16. The molecule has 0 saturated carbocycles. The van der Waals surface area contributed by atoms with Crippen molar-refractivity contribution in [3.05, 3.63) is 35.9 Å². The third kappa shape index (κ3) is 3.44. The van der Waals surface area contributed by atoms with Gasteiger partial charge in [-0.05, 0) is 12.5 Å². The van der Waals surface area contributed by atoms with Crippen molar-refractivity contribution in [2.24, 2.45) is 0 Å². The highest BCUT2D eigenvalue weighted by atomic mass is 32.2. The van der Waals surface area contributed by atoms with Gasteiger partial charge in [-0.2, -0.15) is 0 Å². The summed E-state index contributed by atoms with van der Waals surface area (Å²) in [4.78, 5) is 27.6. The molecule has 6 heteroatoms. The molecule has 2 amide bonds. The van der Waals surface area contributed by atoms with E-state index in [1.54, 1.807) is 16.7 Å². The Labute approximate surface area is 134 Å². The quantitative estimate of drug-likeness (QED) is 0.847. The zero-order chi connectivity index (χ0) is 15.5. The molecule has 0 radical (unpaired) electrons. The Kier molecular flexibility index (Phi) is 4.69. The lowest BCUT2D eigenvalue weighted by Gasteiger charge is -2.37. The van der Waals surface area contributed by atoms with Crippen molar-refractivity contribution in [2.75, 3.05) is 31.3 Å². The van der Waals surface area contributed by atoms with E-state index in [1.807, 2.05) is 42.2 Å². The van der Waals surface area contributed by atoms with Crippen molar-refractivity contribution in [3.8, 4) is 0 Å². The van der Waals surface area contributed by atoms with Crippen LogP contribution in [0.3, 0.4) is 0 Å². The van der Waals surface area contributed by atoms with Crippen LogP contribution in [0.25, 0.3) is 0 Å². The summed E-state index contributed by atoms with van der Waals surface area (Å²) in [5, 5.41) is 0. The van der Waals surface area contributed by atoms with Gasteiger partial charge in [0.1, 0.15) is 12.6 Å². The lowest BCUT2D eigenvalue weighted by molar-refractivity contribution is -0.148. The zero-order valence-corrected chi connectivity index (χ0v) is 13.4. The molecule has 0 aromatic heterocycles. The van der Waals surface area contributed by atoms with Crippen LogP contribution in [0, 0.1) is 0 Å². The minimum Gasteiger partial charge on any atom is -0.367 e. The van der Waals surface area contributed by atoms with Gasteiger partial charge in [0.2, 0.25) is 11.8 Å². The molecular formula is C16H20N2O3S. The molecule has 0 aliphatic carbocycles. The van der Waals surface area contributed by atoms with Crippen LogP contribution in [0.4, 0.5) is 0 Å². The molecule has 2 fully saturated rings. The molecule has 0 spiro atoms. The second-order valence-corrected chi connectivity index (χ2v) is 6.67. The molecule has 5 nitrogen and oxygen atoms in total. The SMILES string of the molecule is C[C@H]1CN(C(=O)CN2CSCC2=O)C[C@@H](c2ccccc2)O1. The molecular weight excluding hydrogens is 300 g/mol. The fraction of sp³-hybridized carbons (Fsp3) is 0.500. The van der Waals surface area contributed by atoms with E-state index in [2.05, 4.69) is 0 Å². The van der Waals surface area contributed by atoms with E-state index >= 15 is 0 Å². The Morgan fingerprint density at radius 1 is 1.32 bits per heavy atom. The molecule has 1 aromatic carbocycles. The van der Waals surface area contributed by atoms with Crippen LogP contribution >= 0.6 is 11.8 Å². The molecule has 0 bridgehead atoms. The molecule has 22 heavy (non-hydrogen) atoms. The van der Waals surface area contributed by atoms with Crippen molar-refractivity contribution in [2.45, 2.75) is 19.1 Å². The second-order valence-electron chi connectivity index (χ2n) is 5.71. The van der Waals surface area contributed by atoms with Gasteiger partial charge in [-0.25, -0.2) is 0 Å². The smallest absolute Gasteiger partial charge is 0.242 e. The highest BCUT2D eigenvalue weighted by Gasteiger charge is 2.31. The van der Waals surface area contributed by atoms with E-state index in [9.17, 15) is 9.59 Å². The minimum absolute atomic E-state index is 0.00642. The maximum absolute atomic E-state index is 12.5. The fourth-order valence-corrected chi connectivity index (χ4v) is 3.71. The zero-order valence-electron chi connectivity index (χ0n) is 12.6. The standard InChI is InChI=1S/C16H20N2O3S/c1-12-7-17(15(19)9-18-11-22-10-16(18)20)8-14(21-12)13-5-3-2-4-6-13/h2-6,12,14H,7-11H2,1H3/t12-,14-/m0/s1. The summed E-state index contributed by atoms with van der Waals surface area (Å²) >= 11 is 1.56. The van der Waals surface area contributed by atoms with Crippen LogP contribution < -0.4 is 0 Å². The van der Waals surface area contributed by atoms with E-state index < -0.39 is 0 Å². The number of ether oxygens (including phenoxy) is 1. The minimum atomic E-state index is -0.0995. The summed E-state index contributed by atoms with van der Waals surface area (Å²) in [6, 6.07) is 9.96. The maximum Gasteiger partial charge on any atom is 0.242 e. The predicted octanol–water partition coefficient (Wildman–Crippen LogP) is 1.51. The number of hydrogen-bond acceptors (Lipinski definition) is 4. The van der Waals surface area contributed by atoms with Gasteiger partial charge in [0, 0.05) is 6.54 Å². The second kappa shape index (κ2) is 6.71. The Morgan fingerprint density at radius 3 is 2.77 bits per heavy atom. The van der Waals surface area contributed by atoms with Crippen molar-refractivity contribution >= 4 is 23.6 Å². The van der Waals surface area contributed by atoms with Gasteiger partial charge < -0.3 is 14.5 Å². The Morgan fingerprint density at radius 2 is 2.09 bits per heavy atom. The number of nitrogens with zero attached hydrogens (tertiary/aromatic N) is 2. The summed E-state index contributed by atoms with van der Waals surface area (Å²) in [5.41, 5.74) is 1.08. The molecule has 2 atom stereocenters. The third-order valence-corrected chi connectivity index (χ3v) is 4.88. The van der Waals surface area contributed by atoms with Gasteiger partial charge in [-0.15, -0.1) is 11.8 Å². The molecule has 0 unspecified atom stereocenters. The largest absolute Gasteiger partial charge is 0.367 e. The Hall–Kier alpha value is -1.53. The first-order chi connectivity index (χ1) is 10.6. The molecule has 2 aliphatic heterocycles. The van der Waals surface area contributed by atoms with Crippen LogP contribution in [0.2, 0.25) is 0 Å². The van der Waals surface area contributed by atoms with Crippen LogP contribution in [-0.4, -0.2) is 59.0 Å². The summed E-state index contributed by atoms with van der Waals surface area (Å²) in [6.45, 7) is 3.28. The molecule has 1 aromatic rings. The first-order valence-corrected chi connectivity index (χ1v) is 8.62. The Bertz CT molecular complexity index is 552. The molecule has 118 valence electrons. The Balaban J connectivity index is 1.65. The number of morpholine rings is 1. The van der Waals surface area contributed by atoms with Crippen molar-refractivity contribution in [3.63, 3.8) is 0 Å². The van der Waals surface area contributed by atoms with E-state index in [4.69, 9.17) is 4.74 Å². The van der Waals surface area contributed by atoms with E-state index in [0.29, 0.717) is 24.7 Å². The third-order valence-electron chi connectivity index (χ3n) is 3.94. The number of benzene rings is 1. The fourth-order valence-electron chi connectivity index (χ4n) is 2.81.